The Labute approximate surface area is 110 Å². The van der Waals surface area contributed by atoms with Crippen LogP contribution in [-0.4, -0.2) is 44.3 Å². The highest BCUT2D eigenvalue weighted by Crippen LogP contribution is 2.39. The topological polar surface area (TPSA) is 108 Å². The minimum absolute atomic E-state index is 0.0337. The molecule has 0 aromatic carbocycles. The van der Waals surface area contributed by atoms with E-state index in [1.165, 1.54) is 6.20 Å². The number of aliphatic hydroxyl groups excluding tert-OH is 1. The Morgan fingerprint density at radius 3 is 2.53 bits per heavy atom. The van der Waals surface area contributed by atoms with Gasteiger partial charge in [-0.1, -0.05) is 5.16 Å². The summed E-state index contributed by atoms with van der Waals surface area (Å²) in [6.45, 7) is 0. The van der Waals surface area contributed by atoms with Crippen LogP contribution in [0.25, 0.3) is 0 Å². The molecular formula is C12H17N5O2. The van der Waals surface area contributed by atoms with E-state index in [4.69, 9.17) is 10.9 Å². The summed E-state index contributed by atoms with van der Waals surface area (Å²) in [5.41, 5.74) is 6.06. The summed E-state index contributed by atoms with van der Waals surface area (Å²) < 4.78 is 0. The van der Waals surface area contributed by atoms with Gasteiger partial charge in [-0.3, -0.25) is 0 Å². The number of hydrogen-bond donors (Lipinski definition) is 3. The zero-order valence-electron chi connectivity index (χ0n) is 10.5. The summed E-state index contributed by atoms with van der Waals surface area (Å²) in [5.74, 6) is 0.617. The van der Waals surface area contributed by atoms with Gasteiger partial charge in [0.15, 0.2) is 17.3 Å². The molecule has 0 saturated carbocycles. The van der Waals surface area contributed by atoms with Gasteiger partial charge >= 0.3 is 0 Å². The number of nitrogens with zero attached hydrogens (tertiary/aromatic N) is 4. The van der Waals surface area contributed by atoms with E-state index in [2.05, 4.69) is 20.0 Å². The monoisotopic (exact) mass is 263 g/mol. The molecule has 4 N–H and O–H groups in total. The van der Waals surface area contributed by atoms with Crippen LogP contribution in [0.5, 0.6) is 0 Å². The molecule has 0 aliphatic carbocycles. The van der Waals surface area contributed by atoms with E-state index in [9.17, 15) is 5.11 Å². The lowest BCUT2D eigenvalue weighted by Crippen LogP contribution is -2.46. The smallest absolute Gasteiger partial charge is 0.192 e. The van der Waals surface area contributed by atoms with Gasteiger partial charge in [0.05, 0.1) is 6.10 Å². The van der Waals surface area contributed by atoms with E-state index in [0.717, 1.165) is 25.7 Å². The standard InChI is InChI=1S/C12H17N5O2/c13-11(16-19)10-12(15-4-3-14-10)17-7-1-2-8(17)6-9(18)5-7/h3-4,7-9,18-19H,1-2,5-6H2,(H2,13,16). The molecule has 2 aliphatic heterocycles. The fourth-order valence-electron chi connectivity index (χ4n) is 3.24. The Balaban J connectivity index is 1.99. The van der Waals surface area contributed by atoms with Crippen LogP contribution >= 0.6 is 0 Å². The summed E-state index contributed by atoms with van der Waals surface area (Å²) in [7, 11) is 0. The molecule has 0 spiro atoms. The fraction of sp³-hybridized carbons (Fsp3) is 0.583. The molecule has 2 bridgehead atoms. The lowest BCUT2D eigenvalue weighted by atomic mass is 9.99. The summed E-state index contributed by atoms with van der Waals surface area (Å²) in [6.07, 6.45) is 6.44. The van der Waals surface area contributed by atoms with Crippen LogP contribution in [0.4, 0.5) is 5.82 Å². The Morgan fingerprint density at radius 2 is 1.89 bits per heavy atom. The lowest BCUT2D eigenvalue weighted by Gasteiger charge is -2.38. The van der Waals surface area contributed by atoms with Gasteiger partial charge in [-0.05, 0) is 25.7 Å². The number of piperidine rings is 1. The normalized spacial score (nSPS) is 30.7. The molecule has 19 heavy (non-hydrogen) atoms. The van der Waals surface area contributed by atoms with E-state index in [0.29, 0.717) is 11.5 Å². The first-order valence-electron chi connectivity index (χ1n) is 6.46. The molecule has 2 fully saturated rings. The molecule has 2 saturated heterocycles. The molecule has 1 aromatic heterocycles. The number of nitrogens with two attached hydrogens (primary N) is 1. The van der Waals surface area contributed by atoms with Crippen molar-refractivity contribution in [2.75, 3.05) is 4.90 Å². The predicted molar refractivity (Wildman–Crippen MR) is 69.1 cm³/mol. The van der Waals surface area contributed by atoms with Crippen molar-refractivity contribution in [3.8, 4) is 0 Å². The van der Waals surface area contributed by atoms with Crippen LogP contribution in [0, 0.1) is 0 Å². The van der Waals surface area contributed by atoms with Crippen molar-refractivity contribution in [1.82, 2.24) is 9.97 Å². The molecule has 2 atom stereocenters. The lowest BCUT2D eigenvalue weighted by molar-refractivity contribution is 0.126. The van der Waals surface area contributed by atoms with Crippen LogP contribution in [-0.2, 0) is 0 Å². The molecule has 0 radical (unpaired) electrons. The van der Waals surface area contributed by atoms with E-state index < -0.39 is 0 Å². The Kier molecular flexibility index (Phi) is 2.98. The highest BCUT2D eigenvalue weighted by Gasteiger charge is 2.42. The number of amidine groups is 1. The van der Waals surface area contributed by atoms with Gasteiger partial charge in [0, 0.05) is 24.5 Å². The first-order chi connectivity index (χ1) is 9.20. The third-order valence-corrected chi connectivity index (χ3v) is 3.98. The van der Waals surface area contributed by atoms with E-state index >= 15 is 0 Å². The maximum absolute atomic E-state index is 9.83. The number of aromatic nitrogens is 2. The average Bonchev–Trinajstić information content (AvgIpc) is 2.70. The molecule has 0 amide bonds. The van der Waals surface area contributed by atoms with E-state index in [1.807, 2.05) is 0 Å². The predicted octanol–water partition coefficient (Wildman–Crippen LogP) is 0.0632. The summed E-state index contributed by atoms with van der Waals surface area (Å²) >= 11 is 0. The largest absolute Gasteiger partial charge is 0.409 e. The van der Waals surface area contributed by atoms with Crippen molar-refractivity contribution in [2.24, 2.45) is 10.9 Å². The van der Waals surface area contributed by atoms with E-state index in [-0.39, 0.29) is 24.0 Å². The second-order valence-corrected chi connectivity index (χ2v) is 5.13. The SMILES string of the molecule is NC(=NO)c1nccnc1N1C2CCC1CC(O)C2. The molecule has 7 heteroatoms. The van der Waals surface area contributed by atoms with Gasteiger partial charge in [0.1, 0.15) is 0 Å². The molecular weight excluding hydrogens is 246 g/mol. The highest BCUT2D eigenvalue weighted by molar-refractivity contribution is 5.99. The van der Waals surface area contributed by atoms with Crippen LogP contribution < -0.4 is 10.6 Å². The number of fused-ring (bicyclic) bond motifs is 2. The molecule has 2 aliphatic rings. The number of rotatable bonds is 2. The molecule has 3 heterocycles. The van der Waals surface area contributed by atoms with Crippen molar-refractivity contribution in [1.29, 1.82) is 0 Å². The highest BCUT2D eigenvalue weighted by atomic mass is 16.4. The Morgan fingerprint density at radius 1 is 1.26 bits per heavy atom. The van der Waals surface area contributed by atoms with Crippen molar-refractivity contribution >= 4 is 11.7 Å². The van der Waals surface area contributed by atoms with Crippen molar-refractivity contribution in [3.05, 3.63) is 18.1 Å². The van der Waals surface area contributed by atoms with Gasteiger partial charge in [-0.2, -0.15) is 0 Å². The van der Waals surface area contributed by atoms with Gasteiger partial charge in [0.25, 0.3) is 0 Å². The fourth-order valence-corrected chi connectivity index (χ4v) is 3.24. The summed E-state index contributed by atoms with van der Waals surface area (Å²) in [5, 5.41) is 21.7. The number of oxime groups is 1. The van der Waals surface area contributed by atoms with Gasteiger partial charge in [0.2, 0.25) is 0 Å². The average molecular weight is 263 g/mol. The minimum Gasteiger partial charge on any atom is -0.409 e. The van der Waals surface area contributed by atoms with Crippen molar-refractivity contribution in [3.63, 3.8) is 0 Å². The number of aliphatic hydroxyl groups is 1. The summed E-state index contributed by atoms with van der Waals surface area (Å²) in [6, 6.07) is 0.520. The van der Waals surface area contributed by atoms with Gasteiger partial charge < -0.3 is 20.9 Å². The molecule has 7 nitrogen and oxygen atoms in total. The Hall–Kier alpha value is -1.89. The zero-order chi connectivity index (χ0) is 13.4. The van der Waals surface area contributed by atoms with Crippen molar-refractivity contribution in [2.45, 2.75) is 43.9 Å². The molecule has 1 aromatic rings. The number of hydrogen-bond acceptors (Lipinski definition) is 6. The van der Waals surface area contributed by atoms with Crippen LogP contribution in [0.2, 0.25) is 0 Å². The van der Waals surface area contributed by atoms with Crippen molar-refractivity contribution < 1.29 is 10.3 Å². The zero-order valence-corrected chi connectivity index (χ0v) is 10.5. The number of anilines is 1. The molecule has 3 rings (SSSR count). The summed E-state index contributed by atoms with van der Waals surface area (Å²) in [4.78, 5) is 10.7. The first-order valence-corrected chi connectivity index (χ1v) is 6.46. The van der Waals surface area contributed by atoms with Crippen LogP contribution in [0.1, 0.15) is 31.4 Å². The minimum atomic E-state index is -0.238. The van der Waals surface area contributed by atoms with E-state index in [1.54, 1.807) is 6.20 Å². The third-order valence-electron chi connectivity index (χ3n) is 3.98. The second kappa shape index (κ2) is 4.65. The maximum Gasteiger partial charge on any atom is 0.192 e. The van der Waals surface area contributed by atoms with Crippen LogP contribution in [0.3, 0.4) is 0 Å². The molecule has 102 valence electrons. The second-order valence-electron chi connectivity index (χ2n) is 5.13. The molecule has 2 unspecified atom stereocenters. The quantitative estimate of drug-likeness (QED) is 0.301. The van der Waals surface area contributed by atoms with Crippen LogP contribution in [0.15, 0.2) is 17.5 Å². The maximum atomic E-state index is 9.83. The van der Waals surface area contributed by atoms with Gasteiger partial charge in [-0.15, -0.1) is 0 Å². The van der Waals surface area contributed by atoms with Gasteiger partial charge in [-0.25, -0.2) is 9.97 Å². The first kappa shape index (κ1) is 12.2. The Bertz CT molecular complexity index is 493. The third kappa shape index (κ3) is 1.99.